The van der Waals surface area contributed by atoms with Gasteiger partial charge in [0.2, 0.25) is 5.82 Å². The fraction of sp³-hybridized carbons (Fsp3) is 0.786. The standard InChI is InChI=1S/C14H20N4O2/c19-14(13-15-12(16-17-13)10-1-2-10)18(11-3-4-11)7-9-5-6-20-8-9/h9-11H,1-8H2,(H,15,16,17). The van der Waals surface area contributed by atoms with Crippen LogP contribution in [0.4, 0.5) is 0 Å². The zero-order chi connectivity index (χ0) is 13.5. The third kappa shape index (κ3) is 2.44. The van der Waals surface area contributed by atoms with Gasteiger partial charge in [0.25, 0.3) is 5.91 Å². The lowest BCUT2D eigenvalue weighted by Crippen LogP contribution is -2.38. The van der Waals surface area contributed by atoms with Crippen LogP contribution in [0.2, 0.25) is 0 Å². The first-order valence-corrected chi connectivity index (χ1v) is 7.62. The minimum atomic E-state index is -0.0115. The quantitative estimate of drug-likeness (QED) is 0.880. The highest BCUT2D eigenvalue weighted by Gasteiger charge is 2.37. The van der Waals surface area contributed by atoms with Crippen molar-refractivity contribution >= 4 is 5.91 Å². The smallest absolute Gasteiger partial charge is 0.293 e. The van der Waals surface area contributed by atoms with Gasteiger partial charge in [-0.2, -0.15) is 0 Å². The maximum absolute atomic E-state index is 12.6. The maximum atomic E-state index is 12.6. The van der Waals surface area contributed by atoms with Gasteiger partial charge in [-0.05, 0) is 32.1 Å². The molecule has 1 aromatic rings. The molecule has 3 aliphatic rings. The van der Waals surface area contributed by atoms with E-state index in [2.05, 4.69) is 15.2 Å². The zero-order valence-corrected chi connectivity index (χ0v) is 11.5. The van der Waals surface area contributed by atoms with E-state index in [0.29, 0.717) is 23.7 Å². The summed E-state index contributed by atoms with van der Waals surface area (Å²) in [6.45, 7) is 2.39. The highest BCUT2D eigenvalue weighted by molar-refractivity contribution is 5.90. The maximum Gasteiger partial charge on any atom is 0.293 e. The highest BCUT2D eigenvalue weighted by Crippen LogP contribution is 2.38. The second kappa shape index (κ2) is 4.84. The van der Waals surface area contributed by atoms with Crippen LogP contribution in [0.25, 0.3) is 0 Å². The summed E-state index contributed by atoms with van der Waals surface area (Å²) in [6, 6.07) is 0.394. The molecule has 6 nitrogen and oxygen atoms in total. The number of ether oxygens (including phenoxy) is 1. The number of nitrogens with one attached hydrogen (secondary N) is 1. The Balaban J connectivity index is 1.47. The first-order valence-electron chi connectivity index (χ1n) is 7.62. The third-order valence-corrected chi connectivity index (χ3v) is 4.39. The number of aromatic nitrogens is 3. The molecule has 2 aliphatic carbocycles. The SMILES string of the molecule is O=C(c1n[nH]c(C2CC2)n1)N(CC1CCOC1)C1CC1. The van der Waals surface area contributed by atoms with Gasteiger partial charge in [-0.3, -0.25) is 9.89 Å². The molecule has 1 aliphatic heterocycles. The zero-order valence-electron chi connectivity index (χ0n) is 11.5. The number of nitrogens with zero attached hydrogens (tertiary/aromatic N) is 3. The largest absolute Gasteiger partial charge is 0.381 e. The first kappa shape index (κ1) is 12.3. The molecule has 1 aromatic heterocycles. The molecule has 3 fully saturated rings. The third-order valence-electron chi connectivity index (χ3n) is 4.39. The predicted molar refractivity (Wildman–Crippen MR) is 71.3 cm³/mol. The predicted octanol–water partition coefficient (Wildman–Crippen LogP) is 1.32. The van der Waals surface area contributed by atoms with Gasteiger partial charge in [0.1, 0.15) is 5.82 Å². The number of amides is 1. The Labute approximate surface area is 117 Å². The van der Waals surface area contributed by atoms with Crippen LogP contribution in [0.15, 0.2) is 0 Å². The van der Waals surface area contributed by atoms with Gasteiger partial charge < -0.3 is 9.64 Å². The number of aromatic amines is 1. The molecule has 108 valence electrons. The van der Waals surface area contributed by atoms with Crippen molar-refractivity contribution in [3.63, 3.8) is 0 Å². The van der Waals surface area contributed by atoms with Gasteiger partial charge in [0.05, 0.1) is 6.61 Å². The Morgan fingerprint density at radius 2 is 2.15 bits per heavy atom. The van der Waals surface area contributed by atoms with Crippen LogP contribution in [0.1, 0.15) is 54.5 Å². The molecule has 20 heavy (non-hydrogen) atoms. The van der Waals surface area contributed by atoms with Crippen LogP contribution in [-0.2, 0) is 4.74 Å². The van der Waals surface area contributed by atoms with Crippen LogP contribution in [0.3, 0.4) is 0 Å². The minimum absolute atomic E-state index is 0.0115. The topological polar surface area (TPSA) is 71.1 Å². The van der Waals surface area contributed by atoms with E-state index in [9.17, 15) is 4.79 Å². The summed E-state index contributed by atoms with van der Waals surface area (Å²) in [6.07, 6.45) is 5.60. The molecule has 0 spiro atoms. The van der Waals surface area contributed by atoms with E-state index in [1.165, 1.54) is 0 Å². The number of carbonyl (C=O) groups excluding carboxylic acids is 1. The Hall–Kier alpha value is -1.43. The normalized spacial score (nSPS) is 25.9. The van der Waals surface area contributed by atoms with Crippen molar-refractivity contribution in [2.45, 2.75) is 44.1 Å². The molecule has 0 radical (unpaired) electrons. The lowest BCUT2D eigenvalue weighted by molar-refractivity contribution is 0.0694. The van der Waals surface area contributed by atoms with Crippen molar-refractivity contribution in [1.29, 1.82) is 0 Å². The van der Waals surface area contributed by atoms with E-state index in [0.717, 1.165) is 57.7 Å². The minimum Gasteiger partial charge on any atom is -0.381 e. The number of carbonyl (C=O) groups is 1. The summed E-state index contributed by atoms with van der Waals surface area (Å²) in [5, 5.41) is 7.05. The number of rotatable bonds is 5. The second-order valence-corrected chi connectivity index (χ2v) is 6.24. The van der Waals surface area contributed by atoms with Gasteiger partial charge in [-0.1, -0.05) is 0 Å². The molecule has 2 saturated carbocycles. The molecule has 1 amide bonds. The van der Waals surface area contributed by atoms with Crippen molar-refractivity contribution in [2.75, 3.05) is 19.8 Å². The summed E-state index contributed by atoms with van der Waals surface area (Å²) < 4.78 is 5.41. The average Bonchev–Trinajstić information content (AvgIpc) is 3.39. The Morgan fingerprint density at radius 1 is 1.30 bits per heavy atom. The molecule has 0 bridgehead atoms. The van der Waals surface area contributed by atoms with E-state index in [-0.39, 0.29) is 5.91 Å². The molecule has 1 N–H and O–H groups in total. The molecule has 1 saturated heterocycles. The molecule has 6 heteroatoms. The van der Waals surface area contributed by atoms with Crippen LogP contribution < -0.4 is 0 Å². The van der Waals surface area contributed by atoms with E-state index < -0.39 is 0 Å². The van der Waals surface area contributed by atoms with Crippen LogP contribution in [0.5, 0.6) is 0 Å². The molecule has 1 atom stereocenters. The lowest BCUT2D eigenvalue weighted by atomic mass is 10.1. The first-order chi connectivity index (χ1) is 9.81. The highest BCUT2D eigenvalue weighted by atomic mass is 16.5. The Morgan fingerprint density at radius 3 is 2.80 bits per heavy atom. The molecule has 0 aromatic carbocycles. The van der Waals surface area contributed by atoms with Gasteiger partial charge in [0.15, 0.2) is 0 Å². The van der Waals surface area contributed by atoms with E-state index in [1.807, 2.05) is 4.90 Å². The van der Waals surface area contributed by atoms with Crippen molar-refractivity contribution in [3.8, 4) is 0 Å². The van der Waals surface area contributed by atoms with Gasteiger partial charge in [0, 0.05) is 31.0 Å². The summed E-state index contributed by atoms with van der Waals surface area (Å²) in [7, 11) is 0. The van der Waals surface area contributed by atoms with Crippen LogP contribution >= 0.6 is 0 Å². The van der Waals surface area contributed by atoms with E-state index in [1.54, 1.807) is 0 Å². The fourth-order valence-corrected chi connectivity index (χ4v) is 2.83. The lowest BCUT2D eigenvalue weighted by Gasteiger charge is -2.23. The second-order valence-electron chi connectivity index (χ2n) is 6.24. The molecule has 4 rings (SSSR count). The van der Waals surface area contributed by atoms with Crippen LogP contribution in [0, 0.1) is 5.92 Å². The van der Waals surface area contributed by atoms with Gasteiger partial charge >= 0.3 is 0 Å². The van der Waals surface area contributed by atoms with Gasteiger partial charge in [-0.25, -0.2) is 4.98 Å². The summed E-state index contributed by atoms with van der Waals surface area (Å²) in [5.41, 5.74) is 0. The number of hydrogen-bond donors (Lipinski definition) is 1. The Bertz CT molecular complexity index is 501. The summed E-state index contributed by atoms with van der Waals surface area (Å²) >= 11 is 0. The van der Waals surface area contributed by atoms with E-state index in [4.69, 9.17) is 4.74 Å². The molecule has 2 heterocycles. The monoisotopic (exact) mass is 276 g/mol. The van der Waals surface area contributed by atoms with Crippen LogP contribution in [-0.4, -0.2) is 51.8 Å². The van der Waals surface area contributed by atoms with Crippen molar-refractivity contribution in [2.24, 2.45) is 5.92 Å². The van der Waals surface area contributed by atoms with Crippen molar-refractivity contribution < 1.29 is 9.53 Å². The number of H-pyrrole nitrogens is 1. The average molecular weight is 276 g/mol. The van der Waals surface area contributed by atoms with E-state index >= 15 is 0 Å². The molecule has 1 unspecified atom stereocenters. The molecular weight excluding hydrogens is 256 g/mol. The summed E-state index contributed by atoms with van der Waals surface area (Å²) in [5.74, 6) is 2.19. The van der Waals surface area contributed by atoms with Crippen molar-refractivity contribution in [3.05, 3.63) is 11.6 Å². The molecular formula is C14H20N4O2. The summed E-state index contributed by atoms with van der Waals surface area (Å²) in [4.78, 5) is 19.0. The van der Waals surface area contributed by atoms with Crippen molar-refractivity contribution in [1.82, 2.24) is 20.1 Å². The van der Waals surface area contributed by atoms with Gasteiger partial charge in [-0.15, -0.1) is 5.10 Å². The number of hydrogen-bond acceptors (Lipinski definition) is 4. The fourth-order valence-electron chi connectivity index (χ4n) is 2.83. The Kier molecular flexibility index (Phi) is 2.98.